The Bertz CT molecular complexity index is 786. The van der Waals surface area contributed by atoms with Crippen molar-refractivity contribution in [1.29, 1.82) is 0 Å². The monoisotopic (exact) mass is 469 g/mol. The lowest BCUT2D eigenvalue weighted by molar-refractivity contribution is -0.140. The van der Waals surface area contributed by atoms with Gasteiger partial charge >= 0.3 is 11.9 Å². The Balaban J connectivity index is 0.000000437. The van der Waals surface area contributed by atoms with Gasteiger partial charge in [0.2, 0.25) is 0 Å². The van der Waals surface area contributed by atoms with Gasteiger partial charge in [-0.15, -0.1) is 0 Å². The molecule has 0 spiro atoms. The van der Waals surface area contributed by atoms with Crippen LogP contribution < -0.4 is 0 Å². The summed E-state index contributed by atoms with van der Waals surface area (Å²) in [6.07, 6.45) is 8.43. The smallest absolute Gasteiger partial charge is 0.305 e. The zero-order chi connectivity index (χ0) is 25.0. The van der Waals surface area contributed by atoms with Crippen LogP contribution in [0.2, 0.25) is 0 Å². The van der Waals surface area contributed by atoms with Crippen LogP contribution in [0.15, 0.2) is 54.6 Å². The van der Waals surface area contributed by atoms with Gasteiger partial charge in [0.25, 0.3) is 0 Å². The van der Waals surface area contributed by atoms with Crippen molar-refractivity contribution >= 4 is 11.9 Å². The van der Waals surface area contributed by atoms with Crippen molar-refractivity contribution in [2.75, 3.05) is 26.7 Å². The van der Waals surface area contributed by atoms with Crippen molar-refractivity contribution in [2.24, 2.45) is 0 Å². The molecule has 0 amide bonds. The van der Waals surface area contributed by atoms with Crippen LogP contribution in [-0.4, -0.2) is 48.7 Å². The number of carboxylic acid groups (broad SMARTS) is 1. The Hall–Kier alpha value is -2.66. The number of methoxy groups -OCH3 is 1. The molecule has 2 aromatic carbocycles. The van der Waals surface area contributed by atoms with Crippen LogP contribution in [0, 0.1) is 0 Å². The highest BCUT2D eigenvalue weighted by Crippen LogP contribution is 2.11. The minimum absolute atomic E-state index is 0.140. The van der Waals surface area contributed by atoms with Crippen LogP contribution in [0.5, 0.6) is 0 Å². The van der Waals surface area contributed by atoms with Gasteiger partial charge in [-0.05, 0) is 68.4 Å². The molecule has 0 aliphatic rings. The molecule has 0 atom stereocenters. The van der Waals surface area contributed by atoms with Gasteiger partial charge in [-0.1, -0.05) is 81.3 Å². The Kier molecular flexibility index (Phi) is 16.2. The number of carbonyl (C=O) groups is 2. The molecule has 0 saturated carbocycles. The first-order valence-electron chi connectivity index (χ1n) is 12.6. The van der Waals surface area contributed by atoms with Gasteiger partial charge in [0.15, 0.2) is 0 Å². The number of carbonyl (C=O) groups excluding carboxylic acids is 1. The van der Waals surface area contributed by atoms with E-state index in [0.29, 0.717) is 12.8 Å². The average Bonchev–Trinajstić information content (AvgIpc) is 2.87. The van der Waals surface area contributed by atoms with Crippen molar-refractivity contribution in [3.63, 3.8) is 0 Å². The van der Waals surface area contributed by atoms with Crippen LogP contribution in [0.4, 0.5) is 0 Å². The van der Waals surface area contributed by atoms with Crippen molar-refractivity contribution in [2.45, 2.75) is 71.6 Å². The summed E-state index contributed by atoms with van der Waals surface area (Å²) in [5.74, 6) is -0.882. The highest BCUT2D eigenvalue weighted by molar-refractivity contribution is 5.69. The van der Waals surface area contributed by atoms with E-state index in [4.69, 9.17) is 5.11 Å². The fourth-order valence-corrected chi connectivity index (χ4v) is 3.67. The van der Waals surface area contributed by atoms with Gasteiger partial charge in [0.05, 0.1) is 7.11 Å². The lowest BCUT2D eigenvalue weighted by atomic mass is 10.0. The lowest BCUT2D eigenvalue weighted by Crippen LogP contribution is -2.23. The SMILES string of the molecule is CCN(CC)CCCCCCc1ccc(CCC(=O)OC)cc1.O=C(O)CCc1ccccc1. The molecular formula is C29H43NO4. The Morgan fingerprint density at radius 2 is 1.26 bits per heavy atom. The first kappa shape index (κ1) is 29.4. The highest BCUT2D eigenvalue weighted by Gasteiger charge is 2.02. The van der Waals surface area contributed by atoms with E-state index in [1.807, 2.05) is 30.3 Å². The van der Waals surface area contributed by atoms with E-state index in [1.165, 1.54) is 63.6 Å². The van der Waals surface area contributed by atoms with E-state index < -0.39 is 5.97 Å². The Morgan fingerprint density at radius 3 is 1.82 bits per heavy atom. The number of carboxylic acids is 1. The predicted molar refractivity (Wildman–Crippen MR) is 139 cm³/mol. The average molecular weight is 470 g/mol. The molecule has 0 saturated heterocycles. The molecule has 5 nitrogen and oxygen atoms in total. The molecule has 1 N–H and O–H groups in total. The number of aliphatic carboxylic acids is 1. The lowest BCUT2D eigenvalue weighted by Gasteiger charge is -2.17. The molecule has 0 aliphatic heterocycles. The third-order valence-electron chi connectivity index (χ3n) is 5.92. The largest absolute Gasteiger partial charge is 0.481 e. The normalized spacial score (nSPS) is 10.5. The molecule has 0 bridgehead atoms. The molecule has 0 aromatic heterocycles. The molecule has 0 aliphatic carbocycles. The van der Waals surface area contributed by atoms with Crippen molar-refractivity contribution in [1.82, 2.24) is 4.90 Å². The van der Waals surface area contributed by atoms with Gasteiger partial charge in [0.1, 0.15) is 0 Å². The molecule has 5 heteroatoms. The van der Waals surface area contributed by atoms with Gasteiger partial charge < -0.3 is 14.7 Å². The number of nitrogens with zero attached hydrogens (tertiary/aromatic N) is 1. The first-order chi connectivity index (χ1) is 16.5. The molecule has 188 valence electrons. The van der Waals surface area contributed by atoms with E-state index in [2.05, 4.69) is 47.7 Å². The summed E-state index contributed by atoms with van der Waals surface area (Å²) < 4.78 is 4.67. The molecule has 2 aromatic rings. The number of rotatable bonds is 15. The van der Waals surface area contributed by atoms with Gasteiger partial charge in [0, 0.05) is 12.8 Å². The third kappa shape index (κ3) is 14.5. The quantitative estimate of drug-likeness (QED) is 0.258. The number of benzene rings is 2. The second kappa shape index (κ2) is 18.7. The zero-order valence-corrected chi connectivity index (χ0v) is 21.3. The van der Waals surface area contributed by atoms with E-state index in [9.17, 15) is 9.59 Å². The standard InChI is InChI=1S/C20H33NO2.C9H10O2/c1-4-21(5-2)17-9-7-6-8-10-18-11-13-19(14-12-18)15-16-20(22)23-3;10-9(11)7-6-8-4-2-1-3-5-8/h11-14H,4-10,15-17H2,1-3H3;1-5H,6-7H2,(H,10,11). The maximum atomic E-state index is 11.1. The molecule has 0 heterocycles. The Morgan fingerprint density at radius 1 is 0.735 bits per heavy atom. The van der Waals surface area contributed by atoms with Crippen molar-refractivity contribution < 1.29 is 19.4 Å². The number of ether oxygens (including phenoxy) is 1. The number of unbranched alkanes of at least 4 members (excludes halogenated alkanes) is 3. The summed E-state index contributed by atoms with van der Waals surface area (Å²) in [7, 11) is 1.44. The van der Waals surface area contributed by atoms with Crippen molar-refractivity contribution in [3.05, 3.63) is 71.3 Å². The second-order valence-corrected chi connectivity index (χ2v) is 8.46. The molecule has 0 radical (unpaired) electrons. The molecule has 2 rings (SSSR count). The second-order valence-electron chi connectivity index (χ2n) is 8.46. The summed E-state index contributed by atoms with van der Waals surface area (Å²) >= 11 is 0. The highest BCUT2D eigenvalue weighted by atomic mass is 16.5. The predicted octanol–water partition coefficient (Wildman–Crippen LogP) is 5.94. The van der Waals surface area contributed by atoms with Gasteiger partial charge in [-0.3, -0.25) is 9.59 Å². The maximum absolute atomic E-state index is 11.1. The van der Waals surface area contributed by atoms with Crippen molar-refractivity contribution in [3.8, 4) is 0 Å². The third-order valence-corrected chi connectivity index (χ3v) is 5.92. The summed E-state index contributed by atoms with van der Waals surface area (Å²) in [6, 6.07) is 18.3. The first-order valence-corrected chi connectivity index (χ1v) is 12.6. The van der Waals surface area contributed by atoms with Crippen LogP contribution >= 0.6 is 0 Å². The number of aryl methyl sites for hydroxylation is 3. The number of hydrogen-bond acceptors (Lipinski definition) is 4. The Labute approximate surface area is 206 Å². The minimum atomic E-state index is -0.742. The summed E-state index contributed by atoms with van der Waals surface area (Å²) in [5.41, 5.74) is 3.68. The summed E-state index contributed by atoms with van der Waals surface area (Å²) in [5, 5.41) is 8.37. The molecule has 0 fully saturated rings. The van der Waals surface area contributed by atoms with E-state index in [1.54, 1.807) is 0 Å². The molecule has 0 unspecified atom stereocenters. The fraction of sp³-hybridized carbons (Fsp3) is 0.517. The maximum Gasteiger partial charge on any atom is 0.305 e. The van der Waals surface area contributed by atoms with Gasteiger partial charge in [-0.25, -0.2) is 0 Å². The van der Waals surface area contributed by atoms with Crippen LogP contribution in [0.25, 0.3) is 0 Å². The summed E-state index contributed by atoms with van der Waals surface area (Å²) in [4.78, 5) is 23.8. The van der Waals surface area contributed by atoms with E-state index >= 15 is 0 Å². The van der Waals surface area contributed by atoms with Crippen LogP contribution in [0.3, 0.4) is 0 Å². The zero-order valence-electron chi connectivity index (χ0n) is 21.3. The van der Waals surface area contributed by atoms with E-state index in [-0.39, 0.29) is 12.4 Å². The number of hydrogen-bond donors (Lipinski definition) is 1. The molecule has 34 heavy (non-hydrogen) atoms. The van der Waals surface area contributed by atoms with Crippen LogP contribution in [0.1, 0.15) is 69.1 Å². The van der Waals surface area contributed by atoms with Crippen LogP contribution in [-0.2, 0) is 33.6 Å². The minimum Gasteiger partial charge on any atom is -0.481 e. The summed E-state index contributed by atoms with van der Waals surface area (Å²) in [6.45, 7) is 8.04. The molecular weight excluding hydrogens is 426 g/mol. The van der Waals surface area contributed by atoms with Gasteiger partial charge in [-0.2, -0.15) is 0 Å². The van der Waals surface area contributed by atoms with E-state index in [0.717, 1.165) is 18.4 Å². The number of esters is 1. The topological polar surface area (TPSA) is 66.8 Å². The fourth-order valence-electron chi connectivity index (χ4n) is 3.67.